The van der Waals surface area contributed by atoms with Gasteiger partial charge in [0, 0.05) is 86.9 Å². The molecule has 2 saturated heterocycles. The summed E-state index contributed by atoms with van der Waals surface area (Å²) in [5.41, 5.74) is 3.15. The highest BCUT2D eigenvalue weighted by molar-refractivity contribution is 6.35. The summed E-state index contributed by atoms with van der Waals surface area (Å²) < 4.78 is 5.39. The molecule has 200 valence electrons. The molecule has 1 aromatic carbocycles. The number of hydrogen-bond acceptors (Lipinski definition) is 8. The highest BCUT2D eigenvalue weighted by Gasteiger charge is 2.28. The molecule has 0 radical (unpaired) electrons. The first-order chi connectivity index (χ1) is 18.1. The zero-order valence-electron chi connectivity index (χ0n) is 21.1. The second-order valence-electron chi connectivity index (χ2n) is 9.82. The highest BCUT2D eigenvalue weighted by Crippen LogP contribution is 2.28. The fraction of sp³-hybridized carbons (Fsp3) is 0.577. The predicted molar refractivity (Wildman–Crippen MR) is 146 cm³/mol. The van der Waals surface area contributed by atoms with Gasteiger partial charge in [-0.3, -0.25) is 9.69 Å². The Bertz CT molecular complexity index is 1090. The SMILES string of the molecule is O=C(NCCN1CCOCC1)C1CCN(c2nc3c(c(NCc4ccc(Cl)cc4Cl)n2)CNCC3)CC1. The first-order valence-electron chi connectivity index (χ1n) is 13.2. The number of hydrogen-bond donors (Lipinski definition) is 3. The molecule has 1 aromatic heterocycles. The van der Waals surface area contributed by atoms with Crippen molar-refractivity contribution in [2.24, 2.45) is 5.92 Å². The van der Waals surface area contributed by atoms with E-state index in [9.17, 15) is 4.79 Å². The summed E-state index contributed by atoms with van der Waals surface area (Å²) in [6.07, 6.45) is 2.46. The van der Waals surface area contributed by atoms with Gasteiger partial charge in [-0.1, -0.05) is 29.3 Å². The van der Waals surface area contributed by atoms with E-state index in [4.69, 9.17) is 37.9 Å². The van der Waals surface area contributed by atoms with Crippen LogP contribution in [0.5, 0.6) is 0 Å². The van der Waals surface area contributed by atoms with Gasteiger partial charge in [0.2, 0.25) is 11.9 Å². The Hall–Kier alpha value is -2.17. The molecular weight excluding hydrogens is 513 g/mol. The van der Waals surface area contributed by atoms with Crippen LogP contribution in [-0.2, 0) is 29.0 Å². The average Bonchev–Trinajstić information content (AvgIpc) is 2.93. The van der Waals surface area contributed by atoms with Gasteiger partial charge in [-0.2, -0.15) is 4.98 Å². The molecule has 0 saturated carbocycles. The number of benzene rings is 1. The quantitative estimate of drug-likeness (QED) is 0.464. The lowest BCUT2D eigenvalue weighted by molar-refractivity contribution is -0.125. The van der Waals surface area contributed by atoms with E-state index < -0.39 is 0 Å². The van der Waals surface area contributed by atoms with Crippen LogP contribution in [0.2, 0.25) is 10.0 Å². The number of morpholine rings is 1. The van der Waals surface area contributed by atoms with Crippen LogP contribution in [0.4, 0.5) is 11.8 Å². The fourth-order valence-electron chi connectivity index (χ4n) is 5.11. The number of anilines is 2. The Labute approximate surface area is 228 Å². The maximum absolute atomic E-state index is 12.8. The minimum Gasteiger partial charge on any atom is -0.379 e. The largest absolute Gasteiger partial charge is 0.379 e. The van der Waals surface area contributed by atoms with Crippen LogP contribution in [0, 0.1) is 5.92 Å². The first kappa shape index (κ1) is 26.4. The lowest BCUT2D eigenvalue weighted by Gasteiger charge is -2.33. The number of aromatic nitrogens is 2. The summed E-state index contributed by atoms with van der Waals surface area (Å²) in [6.45, 7) is 8.71. The van der Waals surface area contributed by atoms with Gasteiger partial charge in [-0.25, -0.2) is 4.98 Å². The summed E-state index contributed by atoms with van der Waals surface area (Å²) >= 11 is 12.4. The van der Waals surface area contributed by atoms with Crippen molar-refractivity contribution in [3.05, 3.63) is 45.1 Å². The molecule has 37 heavy (non-hydrogen) atoms. The number of nitrogens with zero attached hydrogens (tertiary/aromatic N) is 4. The maximum atomic E-state index is 12.8. The number of amides is 1. The molecule has 3 aliphatic heterocycles. The third-order valence-electron chi connectivity index (χ3n) is 7.36. The van der Waals surface area contributed by atoms with Gasteiger partial charge in [-0.05, 0) is 30.5 Å². The number of carbonyl (C=O) groups excluding carboxylic acids is 1. The van der Waals surface area contributed by atoms with Crippen molar-refractivity contribution in [3.63, 3.8) is 0 Å². The topological polar surface area (TPSA) is 94.7 Å². The average molecular weight is 549 g/mol. The third kappa shape index (κ3) is 6.83. The van der Waals surface area contributed by atoms with Crippen molar-refractivity contribution in [1.82, 2.24) is 25.5 Å². The number of fused-ring (bicyclic) bond motifs is 1. The molecule has 0 unspecified atom stereocenters. The van der Waals surface area contributed by atoms with E-state index in [0.29, 0.717) is 23.1 Å². The van der Waals surface area contributed by atoms with E-state index in [-0.39, 0.29) is 11.8 Å². The molecule has 11 heteroatoms. The molecule has 2 aromatic rings. The number of ether oxygens (including phenoxy) is 1. The van der Waals surface area contributed by atoms with Crippen molar-refractivity contribution in [2.75, 3.05) is 69.2 Å². The predicted octanol–water partition coefficient (Wildman–Crippen LogP) is 2.71. The van der Waals surface area contributed by atoms with Gasteiger partial charge in [0.05, 0.1) is 18.9 Å². The highest BCUT2D eigenvalue weighted by atomic mass is 35.5. The molecular formula is C26H35Cl2N7O2. The molecule has 9 nitrogen and oxygen atoms in total. The standard InChI is InChI=1S/C26H35Cl2N7O2/c27-20-2-1-19(22(28)15-20)16-31-24-21-17-29-6-3-23(21)32-26(33-24)35-8-4-18(5-9-35)25(36)30-7-10-34-11-13-37-14-12-34/h1-2,15,18,29H,3-14,16-17H2,(H,30,36)(H,31,32,33). The molecule has 0 atom stereocenters. The molecule has 0 aliphatic carbocycles. The smallest absolute Gasteiger partial charge is 0.227 e. The van der Waals surface area contributed by atoms with Gasteiger partial charge >= 0.3 is 0 Å². The summed E-state index contributed by atoms with van der Waals surface area (Å²) in [5.74, 6) is 1.76. The molecule has 2 fully saturated rings. The van der Waals surface area contributed by atoms with Gasteiger partial charge in [-0.15, -0.1) is 0 Å². The first-order valence-corrected chi connectivity index (χ1v) is 13.9. The van der Waals surface area contributed by atoms with Crippen molar-refractivity contribution < 1.29 is 9.53 Å². The number of carbonyl (C=O) groups is 1. The lowest BCUT2D eigenvalue weighted by atomic mass is 9.96. The second-order valence-corrected chi connectivity index (χ2v) is 10.7. The molecule has 5 rings (SSSR count). The van der Waals surface area contributed by atoms with Crippen LogP contribution < -0.4 is 20.9 Å². The Balaban J connectivity index is 1.18. The molecule has 3 N–H and O–H groups in total. The van der Waals surface area contributed by atoms with Crippen molar-refractivity contribution in [2.45, 2.75) is 32.4 Å². The Kier molecular flexibility index (Phi) is 8.99. The van der Waals surface area contributed by atoms with Crippen LogP contribution >= 0.6 is 23.2 Å². The number of piperidine rings is 1. The van der Waals surface area contributed by atoms with Crippen LogP contribution in [-0.4, -0.2) is 79.8 Å². The summed E-state index contributed by atoms with van der Waals surface area (Å²) in [7, 11) is 0. The Morgan fingerprint density at radius 2 is 1.95 bits per heavy atom. The molecule has 3 aliphatic rings. The second kappa shape index (κ2) is 12.6. The van der Waals surface area contributed by atoms with Gasteiger partial charge < -0.3 is 25.6 Å². The normalized spacial score (nSPS) is 18.9. The minimum atomic E-state index is 0.0346. The third-order valence-corrected chi connectivity index (χ3v) is 7.95. The zero-order valence-corrected chi connectivity index (χ0v) is 22.6. The monoisotopic (exact) mass is 547 g/mol. The lowest BCUT2D eigenvalue weighted by Crippen LogP contribution is -2.44. The van der Waals surface area contributed by atoms with Crippen molar-refractivity contribution >= 4 is 40.9 Å². The number of rotatable bonds is 8. The number of halogens is 2. The Morgan fingerprint density at radius 1 is 1.14 bits per heavy atom. The minimum absolute atomic E-state index is 0.0346. The van der Waals surface area contributed by atoms with Crippen LogP contribution in [0.15, 0.2) is 18.2 Å². The summed E-state index contributed by atoms with van der Waals surface area (Å²) in [5, 5.41) is 11.3. The van der Waals surface area contributed by atoms with E-state index in [2.05, 4.69) is 25.8 Å². The van der Waals surface area contributed by atoms with Gasteiger partial charge in [0.25, 0.3) is 0 Å². The molecule has 0 spiro atoms. The summed E-state index contributed by atoms with van der Waals surface area (Å²) in [4.78, 5) is 27.2. The van der Waals surface area contributed by atoms with E-state index >= 15 is 0 Å². The molecule has 0 bridgehead atoms. The van der Waals surface area contributed by atoms with E-state index in [1.165, 1.54) is 0 Å². The van der Waals surface area contributed by atoms with Gasteiger partial charge in [0.15, 0.2) is 0 Å². The Morgan fingerprint density at radius 3 is 2.73 bits per heavy atom. The maximum Gasteiger partial charge on any atom is 0.227 e. The van der Waals surface area contributed by atoms with Crippen LogP contribution in [0.1, 0.15) is 29.7 Å². The zero-order chi connectivity index (χ0) is 25.6. The van der Waals surface area contributed by atoms with Crippen LogP contribution in [0.3, 0.4) is 0 Å². The molecule has 1 amide bonds. The van der Waals surface area contributed by atoms with Crippen molar-refractivity contribution in [1.29, 1.82) is 0 Å². The van der Waals surface area contributed by atoms with Gasteiger partial charge in [0.1, 0.15) is 5.82 Å². The van der Waals surface area contributed by atoms with E-state index in [0.717, 1.165) is 107 Å². The number of nitrogens with one attached hydrogen (secondary N) is 3. The van der Waals surface area contributed by atoms with E-state index in [1.807, 2.05) is 12.1 Å². The van der Waals surface area contributed by atoms with E-state index in [1.54, 1.807) is 6.07 Å². The molecule has 4 heterocycles. The van der Waals surface area contributed by atoms with Crippen molar-refractivity contribution in [3.8, 4) is 0 Å². The van der Waals surface area contributed by atoms with Crippen LogP contribution in [0.25, 0.3) is 0 Å². The summed E-state index contributed by atoms with van der Waals surface area (Å²) in [6, 6.07) is 5.53. The fourth-order valence-corrected chi connectivity index (χ4v) is 5.59.